The molecule has 94 valence electrons. The van der Waals surface area contributed by atoms with Crippen molar-refractivity contribution in [3.05, 3.63) is 65.6 Å². The number of benzene rings is 2. The Bertz CT molecular complexity index is 745. The Morgan fingerprint density at radius 1 is 0.895 bits per heavy atom. The number of rotatable bonds is 2. The van der Waals surface area contributed by atoms with Crippen molar-refractivity contribution in [3.63, 3.8) is 0 Å². The standard InChI is InChI=1S/C15H9ClFNO/c16-12-8-9-13(11-5-2-1-4-10(11)12)19-15-7-3-6-14(17)18-15/h1-9H. The van der Waals surface area contributed by atoms with Gasteiger partial charge in [0.15, 0.2) is 0 Å². The summed E-state index contributed by atoms with van der Waals surface area (Å²) < 4.78 is 18.7. The second-order valence-corrected chi connectivity index (χ2v) is 4.40. The maximum absolute atomic E-state index is 13.0. The van der Waals surface area contributed by atoms with E-state index >= 15 is 0 Å². The van der Waals surface area contributed by atoms with Gasteiger partial charge in [-0.05, 0) is 18.2 Å². The molecule has 0 N–H and O–H groups in total. The maximum Gasteiger partial charge on any atom is 0.221 e. The van der Waals surface area contributed by atoms with Crippen LogP contribution in [0.15, 0.2) is 54.6 Å². The fourth-order valence-corrected chi connectivity index (χ4v) is 2.11. The van der Waals surface area contributed by atoms with E-state index in [1.807, 2.05) is 24.3 Å². The van der Waals surface area contributed by atoms with Gasteiger partial charge in [-0.1, -0.05) is 41.9 Å². The lowest BCUT2D eigenvalue weighted by Crippen LogP contribution is -1.91. The monoisotopic (exact) mass is 273 g/mol. The van der Waals surface area contributed by atoms with E-state index in [0.717, 1.165) is 10.8 Å². The molecule has 0 radical (unpaired) electrons. The zero-order chi connectivity index (χ0) is 13.2. The Balaban J connectivity index is 2.09. The summed E-state index contributed by atoms with van der Waals surface area (Å²) in [6.45, 7) is 0. The van der Waals surface area contributed by atoms with E-state index in [0.29, 0.717) is 10.8 Å². The Labute approximate surface area is 114 Å². The molecule has 3 rings (SSSR count). The largest absolute Gasteiger partial charge is 0.438 e. The molecule has 0 atom stereocenters. The third-order valence-electron chi connectivity index (χ3n) is 2.73. The van der Waals surface area contributed by atoms with E-state index in [4.69, 9.17) is 16.3 Å². The van der Waals surface area contributed by atoms with E-state index in [1.165, 1.54) is 6.07 Å². The van der Waals surface area contributed by atoms with Crippen molar-refractivity contribution in [2.24, 2.45) is 0 Å². The summed E-state index contributed by atoms with van der Waals surface area (Å²) in [5.41, 5.74) is 0. The smallest absolute Gasteiger partial charge is 0.221 e. The van der Waals surface area contributed by atoms with Gasteiger partial charge < -0.3 is 4.74 Å². The molecule has 0 bridgehead atoms. The van der Waals surface area contributed by atoms with Gasteiger partial charge in [-0.25, -0.2) is 0 Å². The Morgan fingerprint density at radius 3 is 2.47 bits per heavy atom. The quantitative estimate of drug-likeness (QED) is 0.625. The van der Waals surface area contributed by atoms with Gasteiger partial charge in [-0.15, -0.1) is 0 Å². The SMILES string of the molecule is Fc1cccc(Oc2ccc(Cl)c3ccccc23)n1. The van der Waals surface area contributed by atoms with E-state index in [-0.39, 0.29) is 5.88 Å². The summed E-state index contributed by atoms with van der Waals surface area (Å²) in [4.78, 5) is 3.68. The third-order valence-corrected chi connectivity index (χ3v) is 3.06. The first-order valence-corrected chi connectivity index (χ1v) is 6.09. The highest BCUT2D eigenvalue weighted by molar-refractivity contribution is 6.35. The van der Waals surface area contributed by atoms with Crippen LogP contribution >= 0.6 is 11.6 Å². The summed E-state index contributed by atoms with van der Waals surface area (Å²) in [6.07, 6.45) is 0. The lowest BCUT2D eigenvalue weighted by atomic mass is 10.1. The molecule has 3 aromatic rings. The minimum absolute atomic E-state index is 0.215. The van der Waals surface area contributed by atoms with Crippen molar-refractivity contribution < 1.29 is 9.13 Å². The van der Waals surface area contributed by atoms with Crippen molar-refractivity contribution in [1.29, 1.82) is 0 Å². The second kappa shape index (κ2) is 4.86. The zero-order valence-corrected chi connectivity index (χ0v) is 10.6. The number of aromatic nitrogens is 1. The van der Waals surface area contributed by atoms with Crippen LogP contribution < -0.4 is 4.74 Å². The number of nitrogens with zero attached hydrogens (tertiary/aromatic N) is 1. The molecule has 2 nitrogen and oxygen atoms in total. The van der Waals surface area contributed by atoms with Gasteiger partial charge in [0, 0.05) is 21.9 Å². The number of ether oxygens (including phenoxy) is 1. The van der Waals surface area contributed by atoms with Crippen molar-refractivity contribution >= 4 is 22.4 Å². The predicted molar refractivity (Wildman–Crippen MR) is 73.2 cm³/mol. The van der Waals surface area contributed by atoms with Crippen LogP contribution in [0.25, 0.3) is 10.8 Å². The van der Waals surface area contributed by atoms with Crippen LogP contribution in [-0.4, -0.2) is 4.98 Å². The van der Waals surface area contributed by atoms with Gasteiger partial charge in [0.2, 0.25) is 11.8 Å². The molecule has 1 heterocycles. The molecule has 1 aromatic heterocycles. The van der Waals surface area contributed by atoms with Crippen molar-refractivity contribution in [2.75, 3.05) is 0 Å². The number of halogens is 2. The summed E-state index contributed by atoms with van der Waals surface area (Å²) in [6, 6.07) is 15.5. The molecule has 0 saturated heterocycles. The Morgan fingerprint density at radius 2 is 1.68 bits per heavy atom. The van der Waals surface area contributed by atoms with Gasteiger partial charge in [0.25, 0.3) is 0 Å². The van der Waals surface area contributed by atoms with E-state index in [9.17, 15) is 4.39 Å². The first-order valence-electron chi connectivity index (χ1n) is 5.72. The minimum Gasteiger partial charge on any atom is -0.438 e. The highest BCUT2D eigenvalue weighted by Crippen LogP contribution is 2.33. The fourth-order valence-electron chi connectivity index (χ4n) is 1.88. The average Bonchev–Trinajstić information content (AvgIpc) is 2.42. The van der Waals surface area contributed by atoms with E-state index in [1.54, 1.807) is 24.3 Å². The van der Waals surface area contributed by atoms with Gasteiger partial charge >= 0.3 is 0 Å². The highest BCUT2D eigenvalue weighted by Gasteiger charge is 2.07. The van der Waals surface area contributed by atoms with Crippen LogP contribution in [0.3, 0.4) is 0 Å². The molecular formula is C15H9ClFNO. The molecule has 0 aliphatic heterocycles. The molecule has 19 heavy (non-hydrogen) atoms. The van der Waals surface area contributed by atoms with Gasteiger partial charge in [0.1, 0.15) is 5.75 Å². The lowest BCUT2D eigenvalue weighted by molar-refractivity contribution is 0.449. The van der Waals surface area contributed by atoms with Crippen LogP contribution in [0.4, 0.5) is 4.39 Å². The van der Waals surface area contributed by atoms with Crippen LogP contribution in [0.2, 0.25) is 5.02 Å². The fraction of sp³-hybridized carbons (Fsp3) is 0. The summed E-state index contributed by atoms with van der Waals surface area (Å²) in [7, 11) is 0. The van der Waals surface area contributed by atoms with Crippen molar-refractivity contribution in [2.45, 2.75) is 0 Å². The molecule has 0 fully saturated rings. The van der Waals surface area contributed by atoms with Crippen molar-refractivity contribution in [1.82, 2.24) is 4.98 Å². The zero-order valence-electron chi connectivity index (χ0n) is 9.81. The molecule has 0 unspecified atom stereocenters. The molecule has 0 spiro atoms. The number of fused-ring (bicyclic) bond motifs is 1. The Kier molecular flexibility index (Phi) is 3.05. The first kappa shape index (κ1) is 11.9. The normalized spacial score (nSPS) is 10.6. The molecule has 0 aliphatic carbocycles. The van der Waals surface area contributed by atoms with Gasteiger partial charge in [0.05, 0.1) is 0 Å². The summed E-state index contributed by atoms with van der Waals surface area (Å²) in [5.74, 6) is 0.237. The van der Waals surface area contributed by atoms with Crippen LogP contribution in [0, 0.1) is 5.95 Å². The minimum atomic E-state index is -0.573. The predicted octanol–water partition coefficient (Wildman–Crippen LogP) is 4.82. The number of pyridine rings is 1. The topological polar surface area (TPSA) is 22.1 Å². The third kappa shape index (κ3) is 2.37. The van der Waals surface area contributed by atoms with Crippen LogP contribution in [0.1, 0.15) is 0 Å². The molecular weight excluding hydrogens is 265 g/mol. The van der Waals surface area contributed by atoms with E-state index in [2.05, 4.69) is 4.98 Å². The molecule has 0 saturated carbocycles. The first-order chi connectivity index (χ1) is 9.24. The molecule has 0 aliphatic rings. The van der Waals surface area contributed by atoms with Crippen molar-refractivity contribution in [3.8, 4) is 11.6 Å². The number of hydrogen-bond donors (Lipinski definition) is 0. The van der Waals surface area contributed by atoms with Crippen LogP contribution in [0.5, 0.6) is 11.6 Å². The summed E-state index contributed by atoms with van der Waals surface area (Å²) >= 11 is 6.13. The molecule has 2 aromatic carbocycles. The Hall–Kier alpha value is -2.13. The van der Waals surface area contributed by atoms with Gasteiger partial charge in [-0.2, -0.15) is 9.37 Å². The van der Waals surface area contributed by atoms with Gasteiger partial charge in [-0.3, -0.25) is 0 Å². The lowest BCUT2D eigenvalue weighted by Gasteiger charge is -2.09. The second-order valence-electron chi connectivity index (χ2n) is 3.99. The molecule has 0 amide bonds. The average molecular weight is 274 g/mol. The van der Waals surface area contributed by atoms with Crippen LogP contribution in [-0.2, 0) is 0 Å². The summed E-state index contributed by atoms with van der Waals surface area (Å²) in [5, 5.41) is 2.40. The highest BCUT2D eigenvalue weighted by atomic mass is 35.5. The number of hydrogen-bond acceptors (Lipinski definition) is 2. The van der Waals surface area contributed by atoms with E-state index < -0.39 is 5.95 Å². The molecule has 4 heteroatoms. The maximum atomic E-state index is 13.0.